The highest BCUT2D eigenvalue weighted by molar-refractivity contribution is 9.10. The fourth-order valence-electron chi connectivity index (χ4n) is 1.70. The Hall–Kier alpha value is -0.790. The first-order chi connectivity index (χ1) is 9.37. The topological polar surface area (TPSA) is 30.5 Å². The Bertz CT molecular complexity index is 427. The lowest BCUT2D eigenvalue weighted by atomic mass is 10.1. The Morgan fingerprint density at radius 2 is 2.05 bits per heavy atom. The van der Waals surface area contributed by atoms with Gasteiger partial charge in [0, 0.05) is 10.0 Å². The zero-order valence-electron chi connectivity index (χ0n) is 11.3. The SMILES string of the molecule is CCOc1ccc(Br)cc1C(COCC(F)(F)F)NC. The van der Waals surface area contributed by atoms with E-state index in [0.717, 1.165) is 10.0 Å². The van der Waals surface area contributed by atoms with Gasteiger partial charge in [0.25, 0.3) is 0 Å². The van der Waals surface area contributed by atoms with Crippen LogP contribution in [0.15, 0.2) is 22.7 Å². The molecule has 3 nitrogen and oxygen atoms in total. The summed E-state index contributed by atoms with van der Waals surface area (Å²) < 4.78 is 47.3. The molecule has 1 aromatic rings. The van der Waals surface area contributed by atoms with Gasteiger partial charge in [0.15, 0.2) is 0 Å². The molecule has 7 heteroatoms. The minimum atomic E-state index is -4.32. The average molecular weight is 356 g/mol. The first-order valence-corrected chi connectivity index (χ1v) is 6.90. The minimum Gasteiger partial charge on any atom is -0.494 e. The Morgan fingerprint density at radius 1 is 1.35 bits per heavy atom. The zero-order chi connectivity index (χ0) is 15.2. The molecule has 0 aliphatic carbocycles. The van der Waals surface area contributed by atoms with Crippen molar-refractivity contribution in [3.05, 3.63) is 28.2 Å². The van der Waals surface area contributed by atoms with Crippen molar-refractivity contribution in [2.45, 2.75) is 19.1 Å². The number of halogens is 4. The van der Waals surface area contributed by atoms with Gasteiger partial charge in [0.2, 0.25) is 0 Å². The largest absolute Gasteiger partial charge is 0.494 e. The highest BCUT2D eigenvalue weighted by Gasteiger charge is 2.28. The van der Waals surface area contributed by atoms with Gasteiger partial charge < -0.3 is 14.8 Å². The van der Waals surface area contributed by atoms with Crippen molar-refractivity contribution in [3.63, 3.8) is 0 Å². The van der Waals surface area contributed by atoms with Crippen molar-refractivity contribution in [1.29, 1.82) is 0 Å². The van der Waals surface area contributed by atoms with Gasteiger partial charge in [-0.1, -0.05) is 15.9 Å². The normalized spacial score (nSPS) is 13.3. The van der Waals surface area contributed by atoms with Gasteiger partial charge in [-0.05, 0) is 32.2 Å². The maximum Gasteiger partial charge on any atom is 0.411 e. The molecular formula is C13H17BrF3NO2. The van der Waals surface area contributed by atoms with Crippen molar-refractivity contribution < 1.29 is 22.6 Å². The molecule has 1 unspecified atom stereocenters. The Kier molecular flexibility index (Phi) is 6.78. The fourth-order valence-corrected chi connectivity index (χ4v) is 2.08. The fraction of sp³-hybridized carbons (Fsp3) is 0.538. The summed E-state index contributed by atoms with van der Waals surface area (Å²) in [7, 11) is 1.66. The highest BCUT2D eigenvalue weighted by atomic mass is 79.9. The van der Waals surface area contributed by atoms with E-state index in [1.54, 1.807) is 13.1 Å². The van der Waals surface area contributed by atoms with E-state index in [9.17, 15) is 13.2 Å². The number of benzene rings is 1. The molecule has 1 aromatic carbocycles. The number of hydrogen-bond donors (Lipinski definition) is 1. The van der Waals surface area contributed by atoms with Crippen LogP contribution in [-0.4, -0.2) is 33.0 Å². The average Bonchev–Trinajstić information content (AvgIpc) is 2.36. The number of likely N-dealkylation sites (N-methyl/N-ethyl adjacent to an activating group) is 1. The molecule has 0 bridgehead atoms. The Labute approximate surface area is 124 Å². The minimum absolute atomic E-state index is 0.0907. The van der Waals surface area contributed by atoms with Crippen LogP contribution in [-0.2, 0) is 4.74 Å². The maximum atomic E-state index is 12.1. The van der Waals surface area contributed by atoms with E-state index in [1.807, 2.05) is 19.1 Å². The number of ether oxygens (including phenoxy) is 2. The van der Waals surface area contributed by atoms with Crippen LogP contribution >= 0.6 is 15.9 Å². The molecule has 0 heterocycles. The van der Waals surface area contributed by atoms with Gasteiger partial charge in [-0.25, -0.2) is 0 Å². The molecule has 0 amide bonds. The molecule has 114 valence electrons. The Balaban J connectivity index is 2.80. The predicted octanol–water partition coefficient (Wildman–Crippen LogP) is 3.69. The maximum absolute atomic E-state index is 12.1. The summed E-state index contributed by atoms with van der Waals surface area (Å²) in [5.41, 5.74) is 0.755. The van der Waals surface area contributed by atoms with Crippen molar-refractivity contribution in [3.8, 4) is 5.75 Å². The first-order valence-electron chi connectivity index (χ1n) is 6.11. The summed E-state index contributed by atoms with van der Waals surface area (Å²) in [5.74, 6) is 0.630. The number of hydrogen-bond acceptors (Lipinski definition) is 3. The van der Waals surface area contributed by atoms with Crippen molar-refractivity contribution in [1.82, 2.24) is 5.32 Å². The molecule has 0 saturated carbocycles. The van der Waals surface area contributed by atoms with Crippen LogP contribution in [0.4, 0.5) is 13.2 Å². The summed E-state index contributed by atoms with van der Waals surface area (Å²) in [5, 5.41) is 2.94. The third-order valence-electron chi connectivity index (χ3n) is 2.55. The summed E-state index contributed by atoms with van der Waals surface area (Å²) >= 11 is 3.34. The van der Waals surface area contributed by atoms with Crippen LogP contribution in [0.3, 0.4) is 0 Å². The second kappa shape index (κ2) is 7.85. The Morgan fingerprint density at radius 3 is 2.60 bits per heavy atom. The first kappa shape index (κ1) is 17.3. The van der Waals surface area contributed by atoms with E-state index in [2.05, 4.69) is 21.2 Å². The van der Waals surface area contributed by atoms with E-state index in [1.165, 1.54) is 0 Å². The summed E-state index contributed by atoms with van der Waals surface area (Å²) in [6.45, 7) is 0.977. The van der Waals surface area contributed by atoms with Gasteiger partial charge in [0.05, 0.1) is 19.3 Å². The van der Waals surface area contributed by atoms with Crippen molar-refractivity contribution in [2.24, 2.45) is 0 Å². The molecule has 0 radical (unpaired) electrons. The van der Waals surface area contributed by atoms with Gasteiger partial charge in [-0.15, -0.1) is 0 Å². The van der Waals surface area contributed by atoms with E-state index in [4.69, 9.17) is 9.47 Å². The van der Waals surface area contributed by atoms with Gasteiger partial charge in [0.1, 0.15) is 12.4 Å². The highest BCUT2D eigenvalue weighted by Crippen LogP contribution is 2.29. The molecule has 0 fully saturated rings. The number of alkyl halides is 3. The molecule has 0 aliphatic heterocycles. The van der Waals surface area contributed by atoms with E-state index >= 15 is 0 Å². The molecule has 1 atom stereocenters. The van der Waals surface area contributed by atoms with E-state index in [0.29, 0.717) is 12.4 Å². The summed E-state index contributed by atoms with van der Waals surface area (Å²) in [6.07, 6.45) is -4.32. The van der Waals surface area contributed by atoms with Crippen LogP contribution in [0, 0.1) is 0 Å². The standard InChI is InChI=1S/C13H17BrF3NO2/c1-3-20-12-5-4-9(14)6-10(12)11(18-2)7-19-8-13(15,16)17/h4-6,11,18H,3,7-8H2,1-2H3. The molecule has 0 spiro atoms. The number of nitrogens with one attached hydrogen (secondary N) is 1. The third-order valence-corrected chi connectivity index (χ3v) is 3.04. The molecule has 1 N–H and O–H groups in total. The molecule has 0 saturated heterocycles. The predicted molar refractivity (Wildman–Crippen MR) is 74.0 cm³/mol. The van der Waals surface area contributed by atoms with Crippen LogP contribution < -0.4 is 10.1 Å². The lowest BCUT2D eigenvalue weighted by Crippen LogP contribution is -2.26. The number of rotatable bonds is 7. The van der Waals surface area contributed by atoms with Crippen molar-refractivity contribution >= 4 is 15.9 Å². The summed E-state index contributed by atoms with van der Waals surface area (Å²) in [6, 6.07) is 5.02. The molecule has 0 aliphatic rings. The third kappa shape index (κ3) is 5.68. The smallest absolute Gasteiger partial charge is 0.411 e. The van der Waals surface area contributed by atoms with E-state index in [-0.39, 0.29) is 12.6 Å². The monoisotopic (exact) mass is 355 g/mol. The molecule has 1 rings (SSSR count). The molecule has 20 heavy (non-hydrogen) atoms. The summed E-state index contributed by atoms with van der Waals surface area (Å²) in [4.78, 5) is 0. The van der Waals surface area contributed by atoms with Crippen LogP contribution in [0.25, 0.3) is 0 Å². The van der Waals surface area contributed by atoms with Crippen molar-refractivity contribution in [2.75, 3.05) is 26.9 Å². The van der Waals surface area contributed by atoms with E-state index < -0.39 is 12.8 Å². The second-order valence-electron chi connectivity index (χ2n) is 4.09. The lowest BCUT2D eigenvalue weighted by molar-refractivity contribution is -0.175. The van der Waals surface area contributed by atoms with Gasteiger partial charge >= 0.3 is 6.18 Å². The van der Waals surface area contributed by atoms with Gasteiger partial charge in [-0.2, -0.15) is 13.2 Å². The molecular weight excluding hydrogens is 339 g/mol. The quantitative estimate of drug-likeness (QED) is 0.809. The molecule has 0 aromatic heterocycles. The lowest BCUT2D eigenvalue weighted by Gasteiger charge is -2.20. The van der Waals surface area contributed by atoms with Gasteiger partial charge in [-0.3, -0.25) is 0 Å². The zero-order valence-corrected chi connectivity index (χ0v) is 12.8. The second-order valence-corrected chi connectivity index (χ2v) is 5.00. The van der Waals surface area contributed by atoms with Crippen LogP contribution in [0.2, 0.25) is 0 Å². The van der Waals surface area contributed by atoms with Crippen LogP contribution in [0.5, 0.6) is 5.75 Å². The van der Waals surface area contributed by atoms with Crippen LogP contribution in [0.1, 0.15) is 18.5 Å².